The summed E-state index contributed by atoms with van der Waals surface area (Å²) >= 11 is 0. The summed E-state index contributed by atoms with van der Waals surface area (Å²) in [6.45, 7) is 25.4. The molecule has 2 aromatic heterocycles. The number of aromatic nitrogens is 3. The quantitative estimate of drug-likeness (QED) is 0.116. The minimum Gasteiger partial charge on any atom is -0.493 e. The molecule has 0 saturated heterocycles. The number of hydrogen-bond donors (Lipinski definition) is 1. The van der Waals surface area contributed by atoms with E-state index in [1.54, 1.807) is 21.3 Å². The molecule has 0 spiro atoms. The molecule has 1 unspecified atom stereocenters. The summed E-state index contributed by atoms with van der Waals surface area (Å²) in [5.41, 5.74) is 4.95. The summed E-state index contributed by atoms with van der Waals surface area (Å²) in [4.78, 5) is 10.5. The van der Waals surface area contributed by atoms with Gasteiger partial charge in [0.2, 0.25) is 5.75 Å². The van der Waals surface area contributed by atoms with Gasteiger partial charge in [0.15, 0.2) is 44.9 Å². The van der Waals surface area contributed by atoms with Crippen molar-refractivity contribution in [1.82, 2.24) is 14.2 Å². The molecule has 9 nitrogen and oxygen atoms in total. The van der Waals surface area contributed by atoms with Gasteiger partial charge in [0.25, 0.3) is 0 Å². The summed E-state index contributed by atoms with van der Waals surface area (Å²) in [6.07, 6.45) is 7.13. The molecule has 4 rings (SSSR count). The number of aliphatic hydroxyl groups excluding tert-OH is 1. The molecule has 3 aromatic rings. The summed E-state index contributed by atoms with van der Waals surface area (Å²) in [6, 6.07) is 3.82. The van der Waals surface area contributed by atoms with Gasteiger partial charge in [-0.2, -0.15) is 0 Å². The fourth-order valence-corrected chi connectivity index (χ4v) is 17.8. The maximum Gasteiger partial charge on any atom is 0.203 e. The molecule has 1 atom stereocenters. The van der Waals surface area contributed by atoms with Crippen LogP contribution in [0.5, 0.6) is 17.2 Å². The Morgan fingerprint density at radius 2 is 1.42 bits per heavy atom. The minimum absolute atomic E-state index is 0.0772. The molecular weight excluding hydrogens is 679 g/mol. The van der Waals surface area contributed by atoms with Gasteiger partial charge in [-0.25, -0.2) is 9.97 Å². The van der Waals surface area contributed by atoms with Crippen molar-refractivity contribution in [3.63, 3.8) is 0 Å². The first-order valence-electron chi connectivity index (χ1n) is 18.7. The second-order valence-corrected chi connectivity index (χ2v) is 23.6. The van der Waals surface area contributed by atoms with Gasteiger partial charge in [-0.3, -0.25) is 0 Å². The summed E-state index contributed by atoms with van der Waals surface area (Å²) < 4.78 is 32.0. The topological polar surface area (TPSA) is 97.1 Å². The Hall–Kier alpha value is -2.23. The number of nitrogens with zero attached hydrogens (tertiary/aromatic N) is 3. The number of benzene rings is 1. The van der Waals surface area contributed by atoms with Gasteiger partial charge in [0.05, 0.1) is 39.3 Å². The second kappa shape index (κ2) is 16.2. The first-order valence-corrected chi connectivity index (χ1v) is 24.8. The van der Waals surface area contributed by atoms with E-state index >= 15 is 0 Å². The molecule has 0 radical (unpaired) electrons. The van der Waals surface area contributed by atoms with Crippen LogP contribution in [0.25, 0.3) is 22.4 Å². The lowest BCUT2D eigenvalue weighted by atomic mass is 9.61. The van der Waals surface area contributed by atoms with Gasteiger partial charge in [-0.15, -0.1) is 0 Å². The third-order valence-electron chi connectivity index (χ3n) is 12.1. The summed E-state index contributed by atoms with van der Waals surface area (Å²) in [7, 11) is 1.40. The van der Waals surface area contributed by atoms with Crippen LogP contribution in [0.1, 0.15) is 99.7 Å². The van der Waals surface area contributed by atoms with E-state index in [9.17, 15) is 5.11 Å². The van der Waals surface area contributed by atoms with Crippen LogP contribution in [-0.2, 0) is 8.85 Å². The zero-order valence-electron chi connectivity index (χ0n) is 33.3. The molecule has 12 heteroatoms. The molecule has 0 aliphatic heterocycles. The van der Waals surface area contributed by atoms with Crippen LogP contribution in [0.15, 0.2) is 24.5 Å². The average molecular weight is 744 g/mol. The van der Waals surface area contributed by atoms with E-state index in [0.717, 1.165) is 48.0 Å². The molecule has 1 N–H and O–H groups in total. The molecule has 0 bridgehead atoms. The van der Waals surface area contributed by atoms with Gasteiger partial charge < -0.3 is 32.4 Å². The number of rotatable bonds is 16. The van der Waals surface area contributed by atoms with Crippen LogP contribution in [0.3, 0.4) is 0 Å². The molecule has 0 amide bonds. The zero-order valence-corrected chi connectivity index (χ0v) is 37.2. The Morgan fingerprint density at radius 3 is 1.86 bits per heavy atom. The van der Waals surface area contributed by atoms with Crippen LogP contribution in [-0.4, -0.2) is 74.7 Å². The third-order valence-corrected chi connectivity index (χ3v) is 20.1. The van der Waals surface area contributed by atoms with Crippen molar-refractivity contribution in [3.8, 4) is 28.5 Å². The highest BCUT2D eigenvalue weighted by Crippen LogP contribution is 2.54. The molecule has 1 fully saturated rings. The summed E-state index contributed by atoms with van der Waals surface area (Å²) in [5.74, 6) is 2.10. The predicted octanol–water partition coefficient (Wildman–Crippen LogP) is 8.03. The van der Waals surface area contributed by atoms with Crippen molar-refractivity contribution in [1.29, 1.82) is 0 Å². The maximum absolute atomic E-state index is 12.6. The highest BCUT2D eigenvalue weighted by molar-refractivity contribution is 6.82. The number of fused-ring (bicyclic) bond motifs is 1. The Kier molecular flexibility index (Phi) is 13.1. The molecule has 1 aliphatic rings. The van der Waals surface area contributed by atoms with Crippen molar-refractivity contribution < 1.29 is 28.2 Å². The van der Waals surface area contributed by atoms with Gasteiger partial charge in [0.1, 0.15) is 11.8 Å². The van der Waals surface area contributed by atoms with E-state index in [-0.39, 0.29) is 17.1 Å². The zero-order chi connectivity index (χ0) is 37.2. The Morgan fingerprint density at radius 1 is 0.900 bits per heavy atom. The molecule has 2 heterocycles. The average Bonchev–Trinajstić information content (AvgIpc) is 3.45. The van der Waals surface area contributed by atoms with E-state index in [0.29, 0.717) is 45.5 Å². The fourth-order valence-electron chi connectivity index (χ4n) is 9.35. The molecule has 280 valence electrons. The minimum atomic E-state index is -2.24. The van der Waals surface area contributed by atoms with E-state index in [1.807, 2.05) is 18.3 Å². The van der Waals surface area contributed by atoms with Crippen LogP contribution in [0, 0.1) is 16.7 Å². The first kappa shape index (κ1) is 40.5. The van der Waals surface area contributed by atoms with Crippen molar-refractivity contribution in [2.45, 2.75) is 130 Å². The van der Waals surface area contributed by atoms with Crippen molar-refractivity contribution in [3.05, 3.63) is 30.1 Å². The van der Waals surface area contributed by atoms with Crippen molar-refractivity contribution >= 4 is 38.9 Å². The lowest BCUT2D eigenvalue weighted by molar-refractivity contribution is -0.121. The molecular formula is C38H65N3O6Si3. The maximum atomic E-state index is 12.6. The smallest absolute Gasteiger partial charge is 0.203 e. The van der Waals surface area contributed by atoms with Crippen LogP contribution in [0.2, 0.25) is 29.7 Å². The molecule has 50 heavy (non-hydrogen) atoms. The van der Waals surface area contributed by atoms with Gasteiger partial charge in [-0.05, 0) is 65.8 Å². The number of methoxy groups -OCH3 is 3. The van der Waals surface area contributed by atoms with Crippen LogP contribution < -0.4 is 14.2 Å². The Balaban J connectivity index is 1.87. The van der Waals surface area contributed by atoms with E-state index in [2.05, 4.69) is 85.8 Å². The van der Waals surface area contributed by atoms with Crippen molar-refractivity contribution in [2.24, 2.45) is 16.7 Å². The van der Waals surface area contributed by atoms with Crippen molar-refractivity contribution in [2.75, 3.05) is 21.3 Å². The van der Waals surface area contributed by atoms with E-state index in [1.165, 1.54) is 0 Å². The molecule has 1 aliphatic carbocycles. The largest absolute Gasteiger partial charge is 0.493 e. The SMILES string of the molecule is COc1cc(-c2cnc3c(n2)c(C(O)C2(C)CCC(C(C)(C)C(O[SiH2]C)O[SiH2]C)CC2)cn3[Si](C(C)C)(C(C)C)C(C)C)cc(OC)c1OC. The lowest BCUT2D eigenvalue weighted by Crippen LogP contribution is -2.51. The highest BCUT2D eigenvalue weighted by atomic mass is 28.3. The second-order valence-electron chi connectivity index (χ2n) is 16.0. The van der Waals surface area contributed by atoms with E-state index < -0.39 is 33.9 Å². The third kappa shape index (κ3) is 7.21. The molecule has 1 aromatic carbocycles. The Bertz CT molecular complexity index is 1530. The number of aliphatic hydroxyl groups is 1. The predicted molar refractivity (Wildman–Crippen MR) is 213 cm³/mol. The van der Waals surface area contributed by atoms with Crippen LogP contribution in [0.4, 0.5) is 0 Å². The van der Waals surface area contributed by atoms with Gasteiger partial charge in [0, 0.05) is 22.7 Å². The lowest BCUT2D eigenvalue weighted by Gasteiger charge is -2.48. The Labute approximate surface area is 307 Å². The fraction of sp³-hybridized carbons (Fsp3) is 0.684. The van der Waals surface area contributed by atoms with Crippen LogP contribution >= 0.6 is 0 Å². The molecule has 1 saturated carbocycles. The summed E-state index contributed by atoms with van der Waals surface area (Å²) in [5, 5.41) is 12.6. The standard InChI is InChI=1S/C38H65N3O6Si3/c1-23(2)50(24(3)4,25(5)6)41-22-28(34(42)38(9)17-15-27(16-18-38)37(7,8)36(46-48-13)47-49-14)32-35(41)39-21-29(40-32)26-19-30(43-10)33(45-12)31(20-26)44-11/h19-25,27,34,36,42H,15-18,48-49H2,1-14H3. The van der Waals surface area contributed by atoms with Gasteiger partial charge in [-0.1, -0.05) is 75.4 Å². The van der Waals surface area contributed by atoms with E-state index in [4.69, 9.17) is 33.0 Å². The normalized spacial score (nSPS) is 20.6. The monoisotopic (exact) mass is 743 g/mol. The van der Waals surface area contributed by atoms with Gasteiger partial charge >= 0.3 is 0 Å². The number of ether oxygens (including phenoxy) is 3. The first-order chi connectivity index (χ1) is 23.6. The number of hydrogen-bond acceptors (Lipinski definition) is 8. The highest BCUT2D eigenvalue weighted by Gasteiger charge is 2.49.